The highest BCUT2D eigenvalue weighted by molar-refractivity contribution is 5.76. The first-order valence-electron chi connectivity index (χ1n) is 10.4. The number of likely N-dealkylation sites (tertiary alicyclic amines) is 1. The van der Waals surface area contributed by atoms with Crippen LogP contribution in [-0.4, -0.2) is 52.0 Å². The molecule has 0 atom stereocenters. The summed E-state index contributed by atoms with van der Waals surface area (Å²) in [6.07, 6.45) is 4.87. The first kappa shape index (κ1) is 21.1. The number of nitrogens with zero attached hydrogens (tertiary/aromatic N) is 4. The Balaban J connectivity index is 1.49. The topological polar surface area (TPSA) is 61.4 Å². The standard InChI is InChI=1S/C23H25F2N5O/c1-29-10-6-19(7-11-29)30(15-17-3-4-18(24)13-20(17)25)23(31)28-14-16-2-5-21-22(12-16)27-9-8-26-21/h2-5,8-9,12-13,19H,6-7,10-11,14-15H2,1H3,(H,28,31). The van der Waals surface area contributed by atoms with Crippen LogP contribution in [0, 0.1) is 11.6 Å². The molecule has 2 heterocycles. The minimum atomic E-state index is -0.640. The monoisotopic (exact) mass is 425 g/mol. The van der Waals surface area contributed by atoms with E-state index >= 15 is 0 Å². The van der Waals surface area contributed by atoms with Crippen LogP contribution in [0.1, 0.15) is 24.0 Å². The van der Waals surface area contributed by atoms with Crippen molar-refractivity contribution in [3.05, 3.63) is 71.6 Å². The predicted octanol–water partition coefficient (Wildman–Crippen LogP) is 3.71. The Bertz CT molecular complexity index is 1070. The lowest BCUT2D eigenvalue weighted by Crippen LogP contribution is -2.49. The molecule has 3 aromatic rings. The van der Waals surface area contributed by atoms with Gasteiger partial charge in [0.05, 0.1) is 17.6 Å². The minimum absolute atomic E-state index is 0.0110. The minimum Gasteiger partial charge on any atom is -0.334 e. The summed E-state index contributed by atoms with van der Waals surface area (Å²) in [5.41, 5.74) is 2.75. The van der Waals surface area contributed by atoms with E-state index in [4.69, 9.17) is 0 Å². The van der Waals surface area contributed by atoms with Crippen LogP contribution in [0.2, 0.25) is 0 Å². The van der Waals surface area contributed by atoms with Crippen LogP contribution < -0.4 is 5.32 Å². The summed E-state index contributed by atoms with van der Waals surface area (Å²) >= 11 is 0. The first-order valence-corrected chi connectivity index (χ1v) is 10.4. The summed E-state index contributed by atoms with van der Waals surface area (Å²) in [6.45, 7) is 2.14. The Labute approximate surface area is 179 Å². The molecule has 1 fully saturated rings. The number of hydrogen-bond donors (Lipinski definition) is 1. The number of piperidine rings is 1. The fourth-order valence-corrected chi connectivity index (χ4v) is 3.90. The van der Waals surface area contributed by atoms with Crippen molar-refractivity contribution in [2.45, 2.75) is 32.0 Å². The molecular weight excluding hydrogens is 400 g/mol. The van der Waals surface area contributed by atoms with Gasteiger partial charge < -0.3 is 15.1 Å². The number of amides is 2. The lowest BCUT2D eigenvalue weighted by Gasteiger charge is -2.37. The molecule has 1 saturated heterocycles. The summed E-state index contributed by atoms with van der Waals surface area (Å²) in [5, 5.41) is 2.95. The van der Waals surface area contributed by atoms with Crippen molar-refractivity contribution < 1.29 is 13.6 Å². The smallest absolute Gasteiger partial charge is 0.318 e. The van der Waals surface area contributed by atoms with Crippen molar-refractivity contribution in [1.82, 2.24) is 25.1 Å². The molecule has 1 aromatic heterocycles. The number of rotatable bonds is 5. The summed E-state index contributed by atoms with van der Waals surface area (Å²) in [5.74, 6) is -1.27. The largest absolute Gasteiger partial charge is 0.334 e. The second kappa shape index (κ2) is 9.34. The third-order valence-electron chi connectivity index (χ3n) is 5.72. The number of carbonyl (C=O) groups excluding carboxylic acids is 1. The average molecular weight is 425 g/mol. The number of hydrogen-bond acceptors (Lipinski definition) is 4. The maximum atomic E-state index is 14.3. The van der Waals surface area contributed by atoms with Crippen LogP contribution in [-0.2, 0) is 13.1 Å². The van der Waals surface area contributed by atoms with E-state index in [-0.39, 0.29) is 18.6 Å². The highest BCUT2D eigenvalue weighted by Crippen LogP contribution is 2.21. The van der Waals surface area contributed by atoms with Crippen LogP contribution >= 0.6 is 0 Å². The summed E-state index contributed by atoms with van der Waals surface area (Å²) in [4.78, 5) is 25.5. The molecule has 31 heavy (non-hydrogen) atoms. The predicted molar refractivity (Wildman–Crippen MR) is 114 cm³/mol. The first-order chi connectivity index (χ1) is 15.0. The highest BCUT2D eigenvalue weighted by Gasteiger charge is 2.27. The fraction of sp³-hybridized carbons (Fsp3) is 0.348. The Morgan fingerprint density at radius 1 is 1.10 bits per heavy atom. The third-order valence-corrected chi connectivity index (χ3v) is 5.72. The van der Waals surface area contributed by atoms with Crippen molar-refractivity contribution >= 4 is 17.1 Å². The molecule has 0 spiro atoms. The van der Waals surface area contributed by atoms with Crippen molar-refractivity contribution in [3.63, 3.8) is 0 Å². The Morgan fingerprint density at radius 3 is 2.58 bits per heavy atom. The molecule has 0 saturated carbocycles. The van der Waals surface area contributed by atoms with E-state index in [1.54, 1.807) is 17.3 Å². The van der Waals surface area contributed by atoms with Gasteiger partial charge in [-0.1, -0.05) is 12.1 Å². The second-order valence-corrected chi connectivity index (χ2v) is 7.94. The number of carbonyl (C=O) groups is 1. The van der Waals surface area contributed by atoms with Crippen LogP contribution in [0.3, 0.4) is 0 Å². The van der Waals surface area contributed by atoms with Gasteiger partial charge in [0.25, 0.3) is 0 Å². The van der Waals surface area contributed by atoms with Crippen molar-refractivity contribution in [1.29, 1.82) is 0 Å². The summed E-state index contributed by atoms with van der Waals surface area (Å²) < 4.78 is 27.6. The van der Waals surface area contributed by atoms with Crippen molar-refractivity contribution in [2.75, 3.05) is 20.1 Å². The van der Waals surface area contributed by atoms with E-state index in [9.17, 15) is 13.6 Å². The van der Waals surface area contributed by atoms with E-state index in [1.807, 2.05) is 25.2 Å². The van der Waals surface area contributed by atoms with Crippen LogP contribution in [0.4, 0.5) is 13.6 Å². The number of aromatic nitrogens is 2. The van der Waals surface area contributed by atoms with E-state index in [0.717, 1.165) is 48.6 Å². The molecule has 0 aliphatic carbocycles. The highest BCUT2D eigenvalue weighted by atomic mass is 19.1. The molecule has 1 aliphatic heterocycles. The molecule has 0 bridgehead atoms. The number of benzene rings is 2. The number of urea groups is 1. The van der Waals surface area contributed by atoms with Gasteiger partial charge in [-0.3, -0.25) is 9.97 Å². The summed E-state index contributed by atoms with van der Waals surface area (Å²) in [7, 11) is 2.04. The van der Waals surface area contributed by atoms with Gasteiger partial charge in [0.1, 0.15) is 11.6 Å². The third kappa shape index (κ3) is 5.14. The molecule has 6 nitrogen and oxygen atoms in total. The Kier molecular flexibility index (Phi) is 6.36. The SMILES string of the molecule is CN1CCC(N(Cc2ccc(F)cc2F)C(=O)NCc2ccc3nccnc3c2)CC1. The number of halogens is 2. The van der Waals surface area contributed by atoms with Crippen LogP contribution in [0.15, 0.2) is 48.8 Å². The normalized spacial score (nSPS) is 15.2. The Hall–Kier alpha value is -3.13. The molecule has 0 radical (unpaired) electrons. The molecule has 2 amide bonds. The molecule has 0 unspecified atom stereocenters. The zero-order valence-electron chi connectivity index (χ0n) is 17.4. The maximum Gasteiger partial charge on any atom is 0.318 e. The lowest BCUT2D eigenvalue weighted by molar-refractivity contribution is 0.126. The zero-order chi connectivity index (χ0) is 21.8. The molecular formula is C23H25F2N5O. The second-order valence-electron chi connectivity index (χ2n) is 7.94. The van der Waals surface area contributed by atoms with Crippen molar-refractivity contribution in [2.24, 2.45) is 0 Å². The van der Waals surface area contributed by atoms with Gasteiger partial charge in [-0.25, -0.2) is 13.6 Å². The maximum absolute atomic E-state index is 14.3. The van der Waals surface area contributed by atoms with Gasteiger partial charge in [-0.05, 0) is 56.7 Å². The molecule has 1 N–H and O–H groups in total. The van der Waals surface area contributed by atoms with Crippen LogP contribution in [0.25, 0.3) is 11.0 Å². The molecule has 1 aliphatic rings. The zero-order valence-corrected chi connectivity index (χ0v) is 17.4. The van der Waals surface area contributed by atoms with Gasteiger partial charge in [0.2, 0.25) is 0 Å². The molecule has 4 rings (SSSR count). The number of nitrogens with one attached hydrogen (secondary N) is 1. The van der Waals surface area contributed by atoms with E-state index in [0.29, 0.717) is 12.1 Å². The molecule has 162 valence electrons. The lowest BCUT2D eigenvalue weighted by atomic mass is 10.0. The number of fused-ring (bicyclic) bond motifs is 1. The van der Waals surface area contributed by atoms with Crippen molar-refractivity contribution in [3.8, 4) is 0 Å². The van der Waals surface area contributed by atoms with E-state index in [2.05, 4.69) is 20.2 Å². The summed E-state index contributed by atoms with van der Waals surface area (Å²) in [6, 6.07) is 8.86. The van der Waals surface area contributed by atoms with Gasteiger partial charge in [-0.15, -0.1) is 0 Å². The van der Waals surface area contributed by atoms with Gasteiger partial charge in [0, 0.05) is 36.6 Å². The Morgan fingerprint density at radius 2 is 1.84 bits per heavy atom. The van der Waals surface area contributed by atoms with Gasteiger partial charge >= 0.3 is 6.03 Å². The molecule has 8 heteroatoms. The fourth-order valence-electron chi connectivity index (χ4n) is 3.90. The average Bonchev–Trinajstić information content (AvgIpc) is 2.77. The van der Waals surface area contributed by atoms with Gasteiger partial charge in [0.15, 0.2) is 0 Å². The molecule has 2 aromatic carbocycles. The quantitative estimate of drug-likeness (QED) is 0.677. The van der Waals surface area contributed by atoms with Gasteiger partial charge in [-0.2, -0.15) is 0 Å². The van der Waals surface area contributed by atoms with E-state index < -0.39 is 11.6 Å². The van der Waals surface area contributed by atoms with E-state index in [1.165, 1.54) is 12.1 Å². The van der Waals surface area contributed by atoms with Crippen LogP contribution in [0.5, 0.6) is 0 Å².